The van der Waals surface area contributed by atoms with Gasteiger partial charge in [0.2, 0.25) is 5.91 Å². The molecule has 1 N–H and O–H groups in total. The highest BCUT2D eigenvalue weighted by molar-refractivity contribution is 5.80. The minimum absolute atomic E-state index is 0.0437. The highest BCUT2D eigenvalue weighted by atomic mass is 16.5. The summed E-state index contributed by atoms with van der Waals surface area (Å²) in [5.41, 5.74) is 0. The third kappa shape index (κ3) is 3.00. The van der Waals surface area contributed by atoms with Crippen molar-refractivity contribution in [1.29, 1.82) is 0 Å². The van der Waals surface area contributed by atoms with Gasteiger partial charge in [-0.1, -0.05) is 31.2 Å². The van der Waals surface area contributed by atoms with Crippen LogP contribution in [0.4, 0.5) is 0 Å². The number of carbonyl (C=O) groups excluding carboxylic acids is 1. The molecule has 0 aromatic rings. The topological polar surface area (TPSA) is 38.3 Å². The molecule has 0 saturated heterocycles. The summed E-state index contributed by atoms with van der Waals surface area (Å²) in [4.78, 5) is 11.3. The molecule has 0 aliphatic heterocycles. The number of rotatable bonds is 4. The van der Waals surface area contributed by atoms with Crippen molar-refractivity contribution in [1.82, 2.24) is 5.32 Å². The summed E-state index contributed by atoms with van der Waals surface area (Å²) in [6.45, 7) is 1.95. The first kappa shape index (κ1) is 11.0. The third-order valence-corrected chi connectivity index (χ3v) is 2.19. The predicted octanol–water partition coefficient (Wildman–Crippen LogP) is 1.41. The van der Waals surface area contributed by atoms with Gasteiger partial charge < -0.3 is 10.1 Å². The Bertz CT molecular complexity index is 246. The summed E-state index contributed by atoms with van der Waals surface area (Å²) in [5, 5.41) is 2.60. The molecule has 1 rings (SSSR count). The van der Waals surface area contributed by atoms with Crippen LogP contribution in [0.15, 0.2) is 24.3 Å². The van der Waals surface area contributed by atoms with Crippen LogP contribution >= 0.6 is 0 Å². The number of hydrogen-bond acceptors (Lipinski definition) is 2. The second-order valence-corrected chi connectivity index (χ2v) is 3.23. The predicted molar refractivity (Wildman–Crippen MR) is 55.9 cm³/mol. The van der Waals surface area contributed by atoms with Gasteiger partial charge in [-0.05, 0) is 12.8 Å². The number of allylic oxidation sites excluding steroid dienone is 2. The molecule has 2 atom stereocenters. The molecular weight excluding hydrogens is 178 g/mol. The molecule has 0 aromatic carbocycles. The molecule has 1 amide bonds. The fourth-order valence-electron chi connectivity index (χ4n) is 1.37. The molecule has 0 aromatic heterocycles. The Labute approximate surface area is 84.8 Å². The van der Waals surface area contributed by atoms with Gasteiger partial charge in [-0.3, -0.25) is 4.79 Å². The molecule has 0 heterocycles. The van der Waals surface area contributed by atoms with E-state index in [1.54, 1.807) is 7.05 Å². The van der Waals surface area contributed by atoms with E-state index in [0.29, 0.717) is 6.42 Å². The van der Waals surface area contributed by atoms with Crippen molar-refractivity contribution in [2.24, 2.45) is 0 Å². The summed E-state index contributed by atoms with van der Waals surface area (Å²) in [6.07, 6.45) is 9.22. The van der Waals surface area contributed by atoms with Crippen LogP contribution in [0.2, 0.25) is 0 Å². The molecule has 0 bridgehead atoms. The number of ether oxygens (including phenoxy) is 1. The van der Waals surface area contributed by atoms with E-state index in [1.807, 2.05) is 31.2 Å². The number of likely N-dealkylation sites (N-methyl/N-ethyl adjacent to an activating group) is 1. The Balaban J connectivity index is 2.44. The average molecular weight is 195 g/mol. The zero-order valence-electron chi connectivity index (χ0n) is 8.69. The van der Waals surface area contributed by atoms with Gasteiger partial charge in [-0.2, -0.15) is 0 Å². The van der Waals surface area contributed by atoms with E-state index in [2.05, 4.69) is 5.32 Å². The van der Waals surface area contributed by atoms with Crippen molar-refractivity contribution in [3.05, 3.63) is 24.3 Å². The third-order valence-electron chi connectivity index (χ3n) is 2.19. The van der Waals surface area contributed by atoms with Crippen molar-refractivity contribution in [2.75, 3.05) is 7.05 Å². The van der Waals surface area contributed by atoms with Crippen LogP contribution in [0.5, 0.6) is 0 Å². The maximum atomic E-state index is 11.3. The lowest BCUT2D eigenvalue weighted by Gasteiger charge is -2.20. The smallest absolute Gasteiger partial charge is 0.248 e. The highest BCUT2D eigenvalue weighted by Gasteiger charge is 2.19. The summed E-state index contributed by atoms with van der Waals surface area (Å²) in [7, 11) is 1.63. The second kappa shape index (κ2) is 5.60. The molecule has 0 saturated carbocycles. The summed E-state index contributed by atoms with van der Waals surface area (Å²) in [6, 6.07) is 0. The summed E-state index contributed by atoms with van der Waals surface area (Å²) in [5.74, 6) is -0.0459. The van der Waals surface area contributed by atoms with E-state index >= 15 is 0 Å². The van der Waals surface area contributed by atoms with Crippen LogP contribution in [0, 0.1) is 0 Å². The molecular formula is C11H17NO2. The van der Waals surface area contributed by atoms with Gasteiger partial charge in [0.05, 0.1) is 6.10 Å². The maximum absolute atomic E-state index is 11.3. The lowest BCUT2D eigenvalue weighted by atomic mass is 10.1. The zero-order valence-corrected chi connectivity index (χ0v) is 8.69. The zero-order chi connectivity index (χ0) is 10.4. The van der Waals surface area contributed by atoms with Crippen molar-refractivity contribution < 1.29 is 9.53 Å². The Morgan fingerprint density at radius 1 is 1.64 bits per heavy atom. The number of nitrogens with one attached hydrogen (secondary N) is 1. The monoisotopic (exact) mass is 195 g/mol. The lowest BCUT2D eigenvalue weighted by molar-refractivity contribution is -0.134. The fraction of sp³-hybridized carbons (Fsp3) is 0.545. The molecule has 1 aliphatic rings. The van der Waals surface area contributed by atoms with E-state index < -0.39 is 0 Å². The first-order valence-corrected chi connectivity index (χ1v) is 4.98. The first-order chi connectivity index (χ1) is 6.77. The van der Waals surface area contributed by atoms with E-state index in [0.717, 1.165) is 6.42 Å². The first-order valence-electron chi connectivity index (χ1n) is 4.98. The highest BCUT2D eigenvalue weighted by Crippen LogP contribution is 2.11. The summed E-state index contributed by atoms with van der Waals surface area (Å²) < 4.78 is 5.64. The van der Waals surface area contributed by atoms with Crippen LogP contribution in [-0.2, 0) is 9.53 Å². The normalized spacial score (nSPS) is 22.0. The van der Waals surface area contributed by atoms with E-state index in [1.165, 1.54) is 0 Å². The minimum atomic E-state index is -0.332. The standard InChI is InChI=1S/C11H17NO2/c1-3-10(11(13)12-2)14-9-7-5-4-6-8-9/h4-7,9-10H,3,8H2,1-2H3,(H,12,13). The molecule has 0 radical (unpaired) electrons. The second-order valence-electron chi connectivity index (χ2n) is 3.23. The Hall–Kier alpha value is -1.09. The van der Waals surface area contributed by atoms with Crippen LogP contribution in [-0.4, -0.2) is 25.2 Å². The van der Waals surface area contributed by atoms with Crippen LogP contribution < -0.4 is 5.32 Å². The number of carbonyl (C=O) groups is 1. The maximum Gasteiger partial charge on any atom is 0.248 e. The van der Waals surface area contributed by atoms with Crippen LogP contribution in [0.3, 0.4) is 0 Å². The molecule has 3 nitrogen and oxygen atoms in total. The van der Waals surface area contributed by atoms with Crippen molar-refractivity contribution >= 4 is 5.91 Å². The van der Waals surface area contributed by atoms with Gasteiger partial charge in [0, 0.05) is 7.05 Å². The van der Waals surface area contributed by atoms with Gasteiger partial charge in [-0.15, -0.1) is 0 Å². The summed E-state index contributed by atoms with van der Waals surface area (Å²) >= 11 is 0. The molecule has 14 heavy (non-hydrogen) atoms. The SMILES string of the molecule is CCC(OC1C=CC=CC1)C(=O)NC. The van der Waals surface area contributed by atoms with Crippen molar-refractivity contribution in [3.8, 4) is 0 Å². The fourth-order valence-corrected chi connectivity index (χ4v) is 1.37. The Morgan fingerprint density at radius 2 is 2.43 bits per heavy atom. The van der Waals surface area contributed by atoms with Gasteiger partial charge in [0.25, 0.3) is 0 Å². The molecule has 0 fully saturated rings. The number of amides is 1. The Morgan fingerprint density at radius 3 is 2.93 bits per heavy atom. The quantitative estimate of drug-likeness (QED) is 0.736. The van der Waals surface area contributed by atoms with Crippen molar-refractivity contribution in [2.45, 2.75) is 32.0 Å². The molecule has 1 aliphatic carbocycles. The lowest BCUT2D eigenvalue weighted by Crippen LogP contribution is -2.36. The van der Waals surface area contributed by atoms with Gasteiger partial charge in [0.15, 0.2) is 0 Å². The molecule has 3 heteroatoms. The van der Waals surface area contributed by atoms with Crippen LogP contribution in [0.1, 0.15) is 19.8 Å². The van der Waals surface area contributed by atoms with E-state index in [4.69, 9.17) is 4.74 Å². The van der Waals surface area contributed by atoms with E-state index in [-0.39, 0.29) is 18.1 Å². The Kier molecular flexibility index (Phi) is 4.40. The largest absolute Gasteiger partial charge is 0.361 e. The molecule has 0 spiro atoms. The van der Waals surface area contributed by atoms with E-state index in [9.17, 15) is 4.79 Å². The minimum Gasteiger partial charge on any atom is -0.361 e. The van der Waals surface area contributed by atoms with Crippen molar-refractivity contribution in [3.63, 3.8) is 0 Å². The number of hydrogen-bond donors (Lipinski definition) is 1. The average Bonchev–Trinajstić information content (AvgIpc) is 2.26. The molecule has 78 valence electrons. The van der Waals surface area contributed by atoms with Gasteiger partial charge in [0.1, 0.15) is 6.10 Å². The van der Waals surface area contributed by atoms with Crippen LogP contribution in [0.25, 0.3) is 0 Å². The van der Waals surface area contributed by atoms with Gasteiger partial charge in [-0.25, -0.2) is 0 Å². The van der Waals surface area contributed by atoms with Gasteiger partial charge >= 0.3 is 0 Å². The molecule has 2 unspecified atom stereocenters.